The zero-order valence-electron chi connectivity index (χ0n) is 27.7. The number of carbonyl (C=O) groups excluding carboxylic acids is 1. The molecular weight excluding hydrogens is 629 g/mol. The number of hydrogen-bond donors (Lipinski definition) is 2. The van der Waals surface area contributed by atoms with Gasteiger partial charge in [-0.05, 0) is 120 Å². The molecule has 6 rings (SSSR count). The van der Waals surface area contributed by atoms with Gasteiger partial charge in [0.15, 0.2) is 0 Å². The zero-order valence-corrected chi connectivity index (χ0v) is 28.5. The van der Waals surface area contributed by atoms with Crippen molar-refractivity contribution >= 4 is 27.0 Å². The Labute approximate surface area is 276 Å². The average molecular weight is 677 g/mol. The van der Waals surface area contributed by atoms with Crippen molar-refractivity contribution in [3.63, 3.8) is 0 Å². The second-order valence-corrected chi connectivity index (χ2v) is 16.1. The van der Waals surface area contributed by atoms with E-state index in [9.17, 15) is 26.4 Å². The Morgan fingerprint density at radius 3 is 2.34 bits per heavy atom. The highest BCUT2D eigenvalue weighted by molar-refractivity contribution is 7.85. The van der Waals surface area contributed by atoms with E-state index in [-0.39, 0.29) is 16.8 Å². The smallest absolute Gasteiger partial charge is 0.416 e. The molecule has 3 atom stereocenters. The molecule has 0 unspecified atom stereocenters. The Hall–Kier alpha value is -2.89. The van der Waals surface area contributed by atoms with Crippen LogP contribution in [0.25, 0.3) is 10.9 Å². The zero-order chi connectivity index (χ0) is 34.2. The van der Waals surface area contributed by atoms with Crippen LogP contribution in [-0.4, -0.2) is 54.1 Å². The van der Waals surface area contributed by atoms with E-state index in [1.807, 2.05) is 20.8 Å². The largest absolute Gasteiger partial charge is 0.460 e. The van der Waals surface area contributed by atoms with Gasteiger partial charge in [-0.2, -0.15) is 21.6 Å². The number of fused-ring (bicyclic) bond motifs is 4. The van der Waals surface area contributed by atoms with Crippen LogP contribution in [0.1, 0.15) is 95.4 Å². The quantitative estimate of drug-likeness (QED) is 0.208. The fourth-order valence-corrected chi connectivity index (χ4v) is 8.36. The number of hydrogen-bond acceptors (Lipinski definition) is 5. The lowest BCUT2D eigenvalue weighted by atomic mass is 9.67. The van der Waals surface area contributed by atoms with Gasteiger partial charge in [0.25, 0.3) is 10.1 Å². The highest BCUT2D eigenvalue weighted by atomic mass is 32.2. The molecule has 0 spiro atoms. The first-order valence-electron chi connectivity index (χ1n) is 16.7. The summed E-state index contributed by atoms with van der Waals surface area (Å²) in [5.74, 6) is 1.08. The number of halogens is 3. The summed E-state index contributed by atoms with van der Waals surface area (Å²) in [6.45, 7) is 10.8. The van der Waals surface area contributed by atoms with E-state index < -0.39 is 32.9 Å². The molecule has 2 aliphatic carbocycles. The molecule has 2 N–H and O–H groups in total. The minimum Gasteiger partial charge on any atom is -0.460 e. The highest BCUT2D eigenvalue weighted by Crippen LogP contribution is 2.48. The Morgan fingerprint density at radius 1 is 1.06 bits per heavy atom. The van der Waals surface area contributed by atoms with E-state index in [4.69, 9.17) is 9.29 Å². The lowest BCUT2D eigenvalue weighted by molar-refractivity contribution is -0.171. The molecule has 2 heterocycles. The van der Waals surface area contributed by atoms with Crippen LogP contribution < -0.4 is 0 Å². The molecule has 7 nitrogen and oxygen atoms in total. The predicted molar refractivity (Wildman–Crippen MR) is 176 cm³/mol. The van der Waals surface area contributed by atoms with Gasteiger partial charge >= 0.3 is 12.1 Å². The van der Waals surface area contributed by atoms with Crippen LogP contribution in [0.5, 0.6) is 0 Å². The van der Waals surface area contributed by atoms with Crippen molar-refractivity contribution in [2.45, 2.75) is 102 Å². The van der Waals surface area contributed by atoms with Crippen molar-refractivity contribution in [1.29, 1.82) is 0 Å². The summed E-state index contributed by atoms with van der Waals surface area (Å²) in [7, 11) is -4.00. The molecule has 0 bridgehead atoms. The summed E-state index contributed by atoms with van der Waals surface area (Å²) in [5.41, 5.74) is 1.53. The normalized spacial score (nSPS) is 23.3. The number of carbonyl (C=O) groups is 1. The Bertz CT molecular complexity index is 1660. The molecule has 3 aromatic rings. The number of alkyl halides is 3. The van der Waals surface area contributed by atoms with E-state index in [1.165, 1.54) is 30.7 Å². The maximum Gasteiger partial charge on any atom is 0.416 e. The van der Waals surface area contributed by atoms with E-state index in [0.717, 1.165) is 86.7 Å². The Kier molecular flexibility index (Phi) is 10.2. The summed E-state index contributed by atoms with van der Waals surface area (Å²) in [6, 6.07) is 11.5. The van der Waals surface area contributed by atoms with Crippen molar-refractivity contribution in [2.24, 2.45) is 17.3 Å². The van der Waals surface area contributed by atoms with Gasteiger partial charge in [0.1, 0.15) is 5.60 Å². The number of esters is 1. The third kappa shape index (κ3) is 8.23. The molecule has 258 valence electrons. The third-order valence-electron chi connectivity index (χ3n) is 10.3. The molecule has 2 fully saturated rings. The molecule has 2 aromatic carbocycles. The lowest BCUT2D eigenvalue weighted by Gasteiger charge is -2.45. The van der Waals surface area contributed by atoms with Gasteiger partial charge in [-0.3, -0.25) is 9.35 Å². The van der Waals surface area contributed by atoms with Crippen LogP contribution in [0, 0.1) is 17.3 Å². The van der Waals surface area contributed by atoms with Gasteiger partial charge in [0.2, 0.25) is 0 Å². The minimum absolute atomic E-state index is 0.0375. The van der Waals surface area contributed by atoms with Crippen LogP contribution in [0.3, 0.4) is 0 Å². The van der Waals surface area contributed by atoms with Crippen molar-refractivity contribution < 1.29 is 35.7 Å². The summed E-state index contributed by atoms with van der Waals surface area (Å²) in [4.78, 5) is 19.2. The van der Waals surface area contributed by atoms with Gasteiger partial charge in [0, 0.05) is 23.1 Å². The second kappa shape index (κ2) is 13.6. The van der Waals surface area contributed by atoms with Crippen LogP contribution in [0.15, 0.2) is 53.4 Å². The second-order valence-electron chi connectivity index (χ2n) is 14.7. The van der Waals surface area contributed by atoms with Gasteiger partial charge in [0.05, 0.1) is 15.9 Å². The van der Waals surface area contributed by atoms with E-state index in [1.54, 1.807) is 24.3 Å². The summed E-state index contributed by atoms with van der Waals surface area (Å²) >= 11 is 0. The monoisotopic (exact) mass is 676 g/mol. The summed E-state index contributed by atoms with van der Waals surface area (Å²) in [5, 5.41) is 0.721. The number of nitrogens with one attached hydrogen (secondary N) is 1. The number of likely N-dealkylation sites (tertiary alicyclic amines) is 1. The van der Waals surface area contributed by atoms with E-state index >= 15 is 0 Å². The first kappa shape index (κ1) is 35.4. The first-order chi connectivity index (χ1) is 22.0. The van der Waals surface area contributed by atoms with Crippen LogP contribution in [0.4, 0.5) is 13.2 Å². The number of ether oxygens (including phenoxy) is 1. The van der Waals surface area contributed by atoms with Crippen molar-refractivity contribution in [3.8, 4) is 0 Å². The maximum absolute atomic E-state index is 13.4. The highest BCUT2D eigenvalue weighted by Gasteiger charge is 2.44. The molecular formula is C36H47F3N2O5S. The first-order valence-corrected chi connectivity index (χ1v) is 18.1. The average Bonchev–Trinajstić information content (AvgIpc) is 3.38. The number of rotatable bonds is 5. The Morgan fingerprint density at radius 2 is 1.74 bits per heavy atom. The summed E-state index contributed by atoms with van der Waals surface area (Å²) in [6.07, 6.45) is 3.58. The number of nitrogens with zero attached hydrogens (tertiary/aromatic N) is 1. The van der Waals surface area contributed by atoms with Gasteiger partial charge < -0.3 is 14.6 Å². The molecule has 3 aliphatic rings. The molecule has 1 saturated heterocycles. The molecule has 0 amide bonds. The van der Waals surface area contributed by atoms with Crippen LogP contribution >= 0.6 is 0 Å². The number of piperidine rings is 1. The molecule has 11 heteroatoms. The van der Waals surface area contributed by atoms with Crippen molar-refractivity contribution in [1.82, 2.24) is 9.88 Å². The SMILES string of the molecule is C[C@H]1c2c([nH]c3ccc(C(F)(F)F)cc23)C[C@H]2CCN(CCC3(C(=O)OC(C)(C)C)CCCCC3)C[C@@H]21.O=S(=O)(O)c1ccccc1. The fraction of sp³-hybridized carbons (Fsp3) is 0.583. The number of benzene rings is 2. The number of aromatic nitrogens is 1. The maximum atomic E-state index is 13.4. The van der Waals surface area contributed by atoms with E-state index in [0.29, 0.717) is 11.8 Å². The number of H-pyrrole nitrogens is 1. The van der Waals surface area contributed by atoms with Crippen LogP contribution in [-0.2, 0) is 32.2 Å². The molecule has 1 aromatic heterocycles. The minimum atomic E-state index is -4.34. The lowest BCUT2D eigenvalue weighted by Crippen LogP contribution is -2.47. The van der Waals surface area contributed by atoms with Gasteiger partial charge in [-0.1, -0.05) is 44.4 Å². The van der Waals surface area contributed by atoms with Gasteiger partial charge in [-0.25, -0.2) is 0 Å². The summed E-state index contributed by atoms with van der Waals surface area (Å²) < 4.78 is 75.4. The van der Waals surface area contributed by atoms with Crippen LogP contribution in [0.2, 0.25) is 0 Å². The third-order valence-corrected chi connectivity index (χ3v) is 11.2. The molecule has 47 heavy (non-hydrogen) atoms. The molecule has 0 radical (unpaired) electrons. The van der Waals surface area contributed by atoms with E-state index in [2.05, 4.69) is 16.8 Å². The topological polar surface area (TPSA) is 99.7 Å². The molecule has 1 aliphatic heterocycles. The number of aromatic amines is 1. The van der Waals surface area contributed by atoms with Gasteiger partial charge in [-0.15, -0.1) is 0 Å². The van der Waals surface area contributed by atoms with Crippen molar-refractivity contribution in [3.05, 3.63) is 65.4 Å². The fourth-order valence-electron chi connectivity index (χ4n) is 7.86. The Balaban J connectivity index is 0.000000371. The van der Waals surface area contributed by atoms with Crippen molar-refractivity contribution in [2.75, 3.05) is 19.6 Å². The predicted octanol–water partition coefficient (Wildman–Crippen LogP) is 8.40. The standard InChI is InChI=1S/C30H41F3N2O2.C6H6O3S/c1-19-23-18-35(15-13-29(11-6-5-7-12-29)27(36)37-28(2,3)4)14-10-20(23)16-25-26(19)22-17-21(30(31,32)33)8-9-24(22)34-25;7-10(8,9)6-4-2-1-3-5-6/h8-9,17,19-20,23,34H,5-7,10-16,18H2,1-4H3;1-5H,(H,7,8,9)/t19-,20-,23-;/m1./s1. The molecule has 1 saturated carbocycles.